The van der Waals surface area contributed by atoms with Crippen LogP contribution < -0.4 is 0 Å². The minimum absolute atomic E-state index is 0.0542. The molecule has 0 saturated carbocycles. The molecule has 37 heavy (non-hydrogen) atoms. The second-order valence-electron chi connectivity index (χ2n) is 10.1. The van der Waals surface area contributed by atoms with Gasteiger partial charge in [-0.15, -0.1) is 0 Å². The molecule has 184 valence electrons. The zero-order valence-electron chi connectivity index (χ0n) is 21.9. The molecule has 0 N–H and O–H groups in total. The van der Waals surface area contributed by atoms with E-state index in [9.17, 15) is 0 Å². The molecule has 0 bridgehead atoms. The van der Waals surface area contributed by atoms with Crippen LogP contribution in [0.1, 0.15) is 54.6 Å². The summed E-state index contributed by atoms with van der Waals surface area (Å²) in [5.74, 6) is 0. The van der Waals surface area contributed by atoms with Crippen molar-refractivity contribution >= 4 is 21.9 Å². The van der Waals surface area contributed by atoms with Crippen molar-refractivity contribution in [1.29, 1.82) is 0 Å². The standard InChI is InChI=1S/C34H32N2O/c1-5-31(26-12-7-6-11-25(26)30-17-16-23(3)21-35-30)36-19-18-22(2)20-32(36)29-15-9-14-28-27-13-8-10-24(4)33(27)37-34(28)29/h6-21,31-32H,5H2,1-4H3/t31-,32?/m1/s1. The monoisotopic (exact) mass is 484 g/mol. The van der Waals surface area contributed by atoms with Crippen molar-refractivity contribution in [1.82, 2.24) is 9.88 Å². The number of pyridine rings is 1. The Labute approximate surface area is 218 Å². The predicted octanol–water partition coefficient (Wildman–Crippen LogP) is 9.23. The van der Waals surface area contributed by atoms with Gasteiger partial charge in [-0.25, -0.2) is 0 Å². The molecule has 0 radical (unpaired) electrons. The van der Waals surface area contributed by atoms with Crippen LogP contribution >= 0.6 is 0 Å². The third-order valence-electron chi connectivity index (χ3n) is 7.58. The molecule has 0 fully saturated rings. The fourth-order valence-corrected chi connectivity index (χ4v) is 5.69. The molecule has 2 aromatic heterocycles. The van der Waals surface area contributed by atoms with Crippen LogP contribution in [-0.2, 0) is 0 Å². The number of nitrogens with zero attached hydrogens (tertiary/aromatic N) is 2. The lowest BCUT2D eigenvalue weighted by atomic mass is 9.90. The molecule has 1 aliphatic heterocycles. The first-order valence-corrected chi connectivity index (χ1v) is 13.1. The lowest BCUT2D eigenvalue weighted by molar-refractivity contribution is 0.229. The number of fused-ring (bicyclic) bond motifs is 3. The second-order valence-corrected chi connectivity index (χ2v) is 10.1. The van der Waals surface area contributed by atoms with Crippen molar-refractivity contribution in [2.45, 2.75) is 46.2 Å². The summed E-state index contributed by atoms with van der Waals surface area (Å²) in [6.07, 6.45) is 9.76. The van der Waals surface area contributed by atoms with E-state index < -0.39 is 0 Å². The van der Waals surface area contributed by atoms with Gasteiger partial charge in [0.1, 0.15) is 11.2 Å². The molecule has 0 aliphatic carbocycles. The van der Waals surface area contributed by atoms with Crippen LogP contribution in [0.4, 0.5) is 0 Å². The molecule has 3 nitrogen and oxygen atoms in total. The summed E-state index contributed by atoms with van der Waals surface area (Å²) >= 11 is 0. The minimum atomic E-state index is 0.0542. The van der Waals surface area contributed by atoms with E-state index in [0.717, 1.165) is 28.8 Å². The Bertz CT molecular complexity index is 1660. The molecule has 6 rings (SSSR count). The van der Waals surface area contributed by atoms with Gasteiger partial charge in [0.15, 0.2) is 0 Å². The van der Waals surface area contributed by atoms with Crippen LogP contribution in [0.3, 0.4) is 0 Å². The highest BCUT2D eigenvalue weighted by atomic mass is 16.3. The van der Waals surface area contributed by atoms with E-state index in [1.165, 1.54) is 38.6 Å². The lowest BCUT2D eigenvalue weighted by Crippen LogP contribution is -2.29. The van der Waals surface area contributed by atoms with Gasteiger partial charge in [0.05, 0.1) is 17.8 Å². The van der Waals surface area contributed by atoms with Crippen molar-refractivity contribution in [2.75, 3.05) is 0 Å². The Morgan fingerprint density at radius 2 is 1.65 bits per heavy atom. The summed E-state index contributed by atoms with van der Waals surface area (Å²) in [4.78, 5) is 7.27. The van der Waals surface area contributed by atoms with Gasteiger partial charge < -0.3 is 9.32 Å². The van der Waals surface area contributed by atoms with E-state index in [1.54, 1.807) is 0 Å². The summed E-state index contributed by atoms with van der Waals surface area (Å²) in [5.41, 5.74) is 10.2. The first kappa shape index (κ1) is 23.3. The molecule has 5 aromatic rings. The Hall–Kier alpha value is -4.11. The largest absolute Gasteiger partial charge is 0.455 e. The third-order valence-corrected chi connectivity index (χ3v) is 7.58. The number of furan rings is 1. The maximum Gasteiger partial charge on any atom is 0.141 e. The van der Waals surface area contributed by atoms with Crippen LogP contribution in [-0.4, -0.2) is 9.88 Å². The van der Waals surface area contributed by atoms with Gasteiger partial charge in [-0.1, -0.05) is 85.3 Å². The van der Waals surface area contributed by atoms with Gasteiger partial charge in [0, 0.05) is 34.3 Å². The summed E-state index contributed by atoms with van der Waals surface area (Å²) in [7, 11) is 0. The van der Waals surface area contributed by atoms with Gasteiger partial charge in [-0.05, 0) is 56.0 Å². The Morgan fingerprint density at radius 1 is 0.865 bits per heavy atom. The highest BCUT2D eigenvalue weighted by molar-refractivity contribution is 6.06. The molecular weight excluding hydrogens is 452 g/mol. The van der Waals surface area contributed by atoms with E-state index >= 15 is 0 Å². The second kappa shape index (κ2) is 9.40. The summed E-state index contributed by atoms with van der Waals surface area (Å²) in [6, 6.07) is 26.2. The van der Waals surface area contributed by atoms with Gasteiger partial charge >= 0.3 is 0 Å². The molecule has 2 atom stereocenters. The molecule has 3 heterocycles. The lowest BCUT2D eigenvalue weighted by Gasteiger charge is -2.39. The van der Waals surface area contributed by atoms with Gasteiger partial charge in [0.25, 0.3) is 0 Å². The number of aromatic nitrogens is 1. The van der Waals surface area contributed by atoms with Gasteiger partial charge in [0.2, 0.25) is 0 Å². The molecule has 0 saturated heterocycles. The number of allylic oxidation sites excluding steroid dienone is 2. The van der Waals surface area contributed by atoms with Crippen molar-refractivity contribution in [3.63, 3.8) is 0 Å². The van der Waals surface area contributed by atoms with Gasteiger partial charge in [-0.2, -0.15) is 0 Å². The molecule has 3 aromatic carbocycles. The average Bonchev–Trinajstić information content (AvgIpc) is 3.31. The van der Waals surface area contributed by atoms with Crippen LogP contribution in [0.15, 0.2) is 107 Å². The first-order chi connectivity index (χ1) is 18.0. The molecule has 1 unspecified atom stereocenters. The number of hydrogen-bond acceptors (Lipinski definition) is 3. The number of aryl methyl sites for hydroxylation is 2. The predicted molar refractivity (Wildman–Crippen MR) is 153 cm³/mol. The molecule has 0 spiro atoms. The third kappa shape index (κ3) is 4.05. The Morgan fingerprint density at radius 3 is 2.43 bits per heavy atom. The zero-order chi connectivity index (χ0) is 25.5. The van der Waals surface area contributed by atoms with E-state index in [1.807, 2.05) is 6.20 Å². The molecule has 1 aliphatic rings. The van der Waals surface area contributed by atoms with Crippen LogP contribution in [0, 0.1) is 13.8 Å². The number of benzene rings is 3. The average molecular weight is 485 g/mol. The Balaban J connectivity index is 1.50. The van der Waals surface area contributed by atoms with E-state index in [4.69, 9.17) is 9.40 Å². The number of rotatable bonds is 5. The highest BCUT2D eigenvalue weighted by Crippen LogP contribution is 2.43. The van der Waals surface area contributed by atoms with Crippen molar-refractivity contribution in [3.05, 3.63) is 125 Å². The normalized spacial score (nSPS) is 16.4. The van der Waals surface area contributed by atoms with Gasteiger partial charge in [-0.3, -0.25) is 4.98 Å². The van der Waals surface area contributed by atoms with Crippen molar-refractivity contribution in [3.8, 4) is 11.3 Å². The topological polar surface area (TPSA) is 29.3 Å². The number of hydrogen-bond donors (Lipinski definition) is 0. The zero-order valence-corrected chi connectivity index (χ0v) is 21.9. The fraction of sp³-hybridized carbons (Fsp3) is 0.206. The first-order valence-electron chi connectivity index (χ1n) is 13.1. The van der Waals surface area contributed by atoms with E-state index in [-0.39, 0.29) is 12.1 Å². The summed E-state index contributed by atoms with van der Waals surface area (Å²) < 4.78 is 6.58. The SMILES string of the molecule is CC[C@H](c1ccccc1-c1ccc(C)cn1)N1C=CC(C)=CC1c1cccc2c1oc1c(C)cccc12. The molecular formula is C34H32N2O. The quantitative estimate of drug-likeness (QED) is 0.249. The summed E-state index contributed by atoms with van der Waals surface area (Å²) in [6.45, 7) is 8.64. The van der Waals surface area contributed by atoms with E-state index in [2.05, 4.69) is 124 Å². The van der Waals surface area contributed by atoms with Crippen LogP contribution in [0.2, 0.25) is 0 Å². The number of para-hydroxylation sites is 2. The highest BCUT2D eigenvalue weighted by Gasteiger charge is 2.30. The minimum Gasteiger partial charge on any atom is -0.455 e. The van der Waals surface area contributed by atoms with E-state index in [0.29, 0.717) is 0 Å². The molecule has 0 amide bonds. The van der Waals surface area contributed by atoms with Crippen LogP contribution in [0.5, 0.6) is 0 Å². The van der Waals surface area contributed by atoms with Crippen molar-refractivity contribution in [2.24, 2.45) is 0 Å². The smallest absolute Gasteiger partial charge is 0.141 e. The maximum atomic E-state index is 6.58. The maximum absolute atomic E-state index is 6.58. The molecule has 3 heteroatoms. The summed E-state index contributed by atoms with van der Waals surface area (Å²) in [5, 5.41) is 2.35. The van der Waals surface area contributed by atoms with Crippen LogP contribution in [0.25, 0.3) is 33.2 Å². The Kier molecular flexibility index (Phi) is 5.92. The van der Waals surface area contributed by atoms with Crippen molar-refractivity contribution < 1.29 is 4.42 Å². The fourth-order valence-electron chi connectivity index (χ4n) is 5.69.